The molecular weight excluding hydrogens is 178 g/mol. The quantitative estimate of drug-likeness (QED) is 0.614. The van der Waals surface area contributed by atoms with Gasteiger partial charge in [-0.05, 0) is 19.1 Å². The SMILES string of the molecule is C[C@H](Br)c1ccccn1. The smallest absolute Gasteiger partial charge is 0.0539 e. The van der Waals surface area contributed by atoms with E-state index in [4.69, 9.17) is 0 Å². The Balaban J connectivity index is 2.85. The van der Waals surface area contributed by atoms with Gasteiger partial charge in [-0.15, -0.1) is 0 Å². The topological polar surface area (TPSA) is 12.9 Å². The zero-order valence-electron chi connectivity index (χ0n) is 5.21. The summed E-state index contributed by atoms with van der Waals surface area (Å²) in [7, 11) is 0. The molecule has 0 bridgehead atoms. The second kappa shape index (κ2) is 2.97. The van der Waals surface area contributed by atoms with Gasteiger partial charge in [-0.1, -0.05) is 22.0 Å². The molecule has 0 aliphatic carbocycles. The zero-order chi connectivity index (χ0) is 6.69. The lowest BCUT2D eigenvalue weighted by Crippen LogP contribution is -1.85. The van der Waals surface area contributed by atoms with Crippen molar-refractivity contribution < 1.29 is 0 Å². The molecule has 0 unspecified atom stereocenters. The summed E-state index contributed by atoms with van der Waals surface area (Å²) in [5.74, 6) is 0. The minimum absolute atomic E-state index is 0.360. The normalized spacial score (nSPS) is 13.1. The van der Waals surface area contributed by atoms with Crippen LogP contribution < -0.4 is 0 Å². The standard InChI is InChI=1S/C7H8BrN/c1-6(8)7-4-2-3-5-9-7/h2-6H,1H3/t6-/m0/s1. The zero-order valence-corrected chi connectivity index (χ0v) is 6.80. The molecule has 0 N–H and O–H groups in total. The molecule has 0 radical (unpaired) electrons. The predicted molar refractivity (Wildman–Crippen MR) is 41.6 cm³/mol. The lowest BCUT2D eigenvalue weighted by Gasteiger charge is -1.98. The van der Waals surface area contributed by atoms with Gasteiger partial charge >= 0.3 is 0 Å². The van der Waals surface area contributed by atoms with Gasteiger partial charge in [-0.25, -0.2) is 0 Å². The maximum absolute atomic E-state index is 4.13. The molecule has 1 aromatic heterocycles. The first-order valence-corrected chi connectivity index (χ1v) is 3.77. The van der Waals surface area contributed by atoms with Gasteiger partial charge in [-0.2, -0.15) is 0 Å². The average Bonchev–Trinajstić information content (AvgIpc) is 1.90. The molecule has 0 spiro atoms. The molecule has 2 heteroatoms. The molecule has 0 aliphatic rings. The summed E-state index contributed by atoms with van der Waals surface area (Å²) in [5, 5.41) is 0. The first-order chi connectivity index (χ1) is 4.30. The van der Waals surface area contributed by atoms with Gasteiger partial charge in [0, 0.05) is 6.20 Å². The Morgan fingerprint density at radius 2 is 2.33 bits per heavy atom. The number of hydrogen-bond acceptors (Lipinski definition) is 1. The highest BCUT2D eigenvalue weighted by atomic mass is 79.9. The molecule has 1 rings (SSSR count). The highest BCUT2D eigenvalue weighted by Gasteiger charge is 1.97. The van der Waals surface area contributed by atoms with Crippen LogP contribution in [0.25, 0.3) is 0 Å². The van der Waals surface area contributed by atoms with Gasteiger partial charge in [0.1, 0.15) is 0 Å². The van der Waals surface area contributed by atoms with Gasteiger partial charge in [0.15, 0.2) is 0 Å². The van der Waals surface area contributed by atoms with E-state index in [0.717, 1.165) is 5.69 Å². The summed E-state index contributed by atoms with van der Waals surface area (Å²) in [6.07, 6.45) is 1.80. The maximum atomic E-state index is 4.13. The fourth-order valence-corrected chi connectivity index (χ4v) is 0.882. The molecule has 0 amide bonds. The lowest BCUT2D eigenvalue weighted by atomic mass is 10.3. The third-order valence-corrected chi connectivity index (χ3v) is 1.56. The van der Waals surface area contributed by atoms with E-state index in [2.05, 4.69) is 27.8 Å². The van der Waals surface area contributed by atoms with Crippen LogP contribution >= 0.6 is 15.9 Å². The number of nitrogens with zero attached hydrogens (tertiary/aromatic N) is 1. The van der Waals surface area contributed by atoms with Crippen LogP contribution in [0.15, 0.2) is 24.4 Å². The van der Waals surface area contributed by atoms with E-state index in [9.17, 15) is 0 Å². The minimum atomic E-state index is 0.360. The second-order valence-electron chi connectivity index (χ2n) is 1.87. The number of pyridine rings is 1. The molecule has 0 saturated carbocycles. The third kappa shape index (κ3) is 1.79. The summed E-state index contributed by atoms with van der Waals surface area (Å²) in [4.78, 5) is 4.49. The van der Waals surface area contributed by atoms with Gasteiger partial charge in [0.05, 0.1) is 10.5 Å². The van der Waals surface area contributed by atoms with Crippen molar-refractivity contribution in [2.75, 3.05) is 0 Å². The van der Waals surface area contributed by atoms with Gasteiger partial charge in [0.2, 0.25) is 0 Å². The molecule has 9 heavy (non-hydrogen) atoms. The van der Waals surface area contributed by atoms with Crippen molar-refractivity contribution in [3.8, 4) is 0 Å². The van der Waals surface area contributed by atoms with Crippen LogP contribution in [0.1, 0.15) is 17.4 Å². The van der Waals surface area contributed by atoms with Crippen molar-refractivity contribution in [2.45, 2.75) is 11.8 Å². The van der Waals surface area contributed by atoms with Crippen LogP contribution in [0.3, 0.4) is 0 Å². The Morgan fingerprint density at radius 3 is 2.67 bits per heavy atom. The summed E-state index contributed by atoms with van der Waals surface area (Å²) in [5.41, 5.74) is 1.08. The summed E-state index contributed by atoms with van der Waals surface area (Å²) in [6, 6.07) is 5.90. The van der Waals surface area contributed by atoms with Crippen LogP contribution in [-0.2, 0) is 0 Å². The molecule has 1 nitrogen and oxygen atoms in total. The Labute approximate surface area is 63.2 Å². The van der Waals surface area contributed by atoms with Crippen molar-refractivity contribution in [1.29, 1.82) is 0 Å². The first-order valence-electron chi connectivity index (χ1n) is 2.85. The van der Waals surface area contributed by atoms with E-state index in [0.29, 0.717) is 4.83 Å². The van der Waals surface area contributed by atoms with Crippen LogP contribution in [0.2, 0.25) is 0 Å². The highest BCUT2D eigenvalue weighted by molar-refractivity contribution is 9.09. The van der Waals surface area contributed by atoms with Gasteiger partial charge in [0.25, 0.3) is 0 Å². The van der Waals surface area contributed by atoms with Crippen LogP contribution in [-0.4, -0.2) is 4.98 Å². The van der Waals surface area contributed by atoms with E-state index < -0.39 is 0 Å². The van der Waals surface area contributed by atoms with E-state index in [1.54, 1.807) is 6.20 Å². The van der Waals surface area contributed by atoms with Crippen LogP contribution in [0.4, 0.5) is 0 Å². The number of hydrogen-bond donors (Lipinski definition) is 0. The van der Waals surface area contributed by atoms with E-state index in [1.165, 1.54) is 0 Å². The molecule has 0 fully saturated rings. The molecule has 1 heterocycles. The van der Waals surface area contributed by atoms with Crippen molar-refractivity contribution >= 4 is 15.9 Å². The minimum Gasteiger partial charge on any atom is -0.260 e. The Bertz CT molecular complexity index is 172. The largest absolute Gasteiger partial charge is 0.260 e. The Kier molecular flexibility index (Phi) is 2.22. The van der Waals surface area contributed by atoms with Gasteiger partial charge in [-0.3, -0.25) is 4.98 Å². The lowest BCUT2D eigenvalue weighted by molar-refractivity contribution is 1.02. The van der Waals surface area contributed by atoms with Crippen molar-refractivity contribution in [2.24, 2.45) is 0 Å². The summed E-state index contributed by atoms with van der Waals surface area (Å²) in [6.45, 7) is 2.06. The molecule has 0 saturated heterocycles. The van der Waals surface area contributed by atoms with E-state index >= 15 is 0 Å². The molecule has 0 aliphatic heterocycles. The summed E-state index contributed by atoms with van der Waals surface area (Å²) < 4.78 is 0. The highest BCUT2D eigenvalue weighted by Crippen LogP contribution is 2.17. The van der Waals surface area contributed by atoms with Crippen molar-refractivity contribution in [3.63, 3.8) is 0 Å². The monoisotopic (exact) mass is 185 g/mol. The van der Waals surface area contributed by atoms with Gasteiger partial charge < -0.3 is 0 Å². The predicted octanol–water partition coefficient (Wildman–Crippen LogP) is 2.54. The molecular formula is C7H8BrN. The number of aromatic nitrogens is 1. The average molecular weight is 186 g/mol. The Morgan fingerprint density at radius 1 is 1.56 bits per heavy atom. The summed E-state index contributed by atoms with van der Waals surface area (Å²) >= 11 is 3.42. The first kappa shape index (κ1) is 6.75. The Hall–Kier alpha value is -0.370. The van der Waals surface area contributed by atoms with E-state index in [-0.39, 0.29) is 0 Å². The molecule has 0 aromatic carbocycles. The maximum Gasteiger partial charge on any atom is 0.0539 e. The second-order valence-corrected chi connectivity index (χ2v) is 3.24. The fourth-order valence-electron chi connectivity index (χ4n) is 0.611. The van der Waals surface area contributed by atoms with Crippen molar-refractivity contribution in [3.05, 3.63) is 30.1 Å². The number of alkyl halides is 1. The van der Waals surface area contributed by atoms with Crippen LogP contribution in [0.5, 0.6) is 0 Å². The molecule has 1 aromatic rings. The van der Waals surface area contributed by atoms with Crippen molar-refractivity contribution in [1.82, 2.24) is 4.98 Å². The van der Waals surface area contributed by atoms with Crippen LogP contribution in [0, 0.1) is 0 Å². The third-order valence-electron chi connectivity index (χ3n) is 1.10. The molecule has 1 atom stereocenters. The number of halogens is 1. The number of rotatable bonds is 1. The fraction of sp³-hybridized carbons (Fsp3) is 0.286. The van der Waals surface area contributed by atoms with E-state index in [1.807, 2.05) is 18.2 Å². The molecule has 48 valence electrons.